The molecule has 1 heterocycles. The molecular weight excluding hydrogens is 261 g/mol. The van der Waals surface area contributed by atoms with Crippen molar-refractivity contribution in [1.29, 1.82) is 0 Å². The van der Waals surface area contributed by atoms with Crippen LogP contribution in [-0.4, -0.2) is 34.7 Å². The number of aromatic nitrogens is 1. The van der Waals surface area contributed by atoms with E-state index in [1.165, 1.54) is 0 Å². The molecule has 67 valence electrons. The molecule has 0 spiro atoms. The van der Waals surface area contributed by atoms with Crippen LogP contribution in [0.2, 0.25) is 0 Å². The first-order chi connectivity index (χ1) is 6.18. The molecule has 0 unspecified atom stereocenters. The molecule has 0 aliphatic heterocycles. The normalized spacial score (nSPS) is 9.79. The standard InChI is InChI=1S/C8H4BrNO3.Na/c9-4-1-2-6-5(3-4)7(11)8(12)10-13-6;/h1-3H,(H,10,12);. The van der Waals surface area contributed by atoms with E-state index < -0.39 is 11.0 Å². The van der Waals surface area contributed by atoms with Gasteiger partial charge in [-0.25, -0.2) is 0 Å². The van der Waals surface area contributed by atoms with Crippen LogP contribution in [0.25, 0.3) is 11.0 Å². The fraction of sp³-hybridized carbons (Fsp3) is 0. The number of H-pyrrole nitrogens is 1. The van der Waals surface area contributed by atoms with E-state index in [4.69, 9.17) is 4.52 Å². The number of hydrogen-bond acceptors (Lipinski definition) is 3. The van der Waals surface area contributed by atoms with Crippen LogP contribution in [0.3, 0.4) is 0 Å². The Balaban J connectivity index is 0.000000980. The maximum Gasteiger partial charge on any atom is 0.325 e. The van der Waals surface area contributed by atoms with Crippen molar-refractivity contribution in [1.82, 2.24) is 5.16 Å². The third-order valence-corrected chi connectivity index (χ3v) is 2.14. The minimum Gasteiger partial charge on any atom is -0.378 e. The van der Waals surface area contributed by atoms with Gasteiger partial charge >= 0.3 is 5.56 Å². The maximum absolute atomic E-state index is 11.3. The van der Waals surface area contributed by atoms with Crippen LogP contribution in [0.15, 0.2) is 36.8 Å². The summed E-state index contributed by atoms with van der Waals surface area (Å²) in [4.78, 5) is 22.1. The van der Waals surface area contributed by atoms with Crippen LogP contribution < -0.4 is 11.0 Å². The number of hydrogen-bond donors (Lipinski definition) is 1. The summed E-state index contributed by atoms with van der Waals surface area (Å²) in [5.41, 5.74) is -0.957. The molecule has 0 saturated heterocycles. The van der Waals surface area contributed by atoms with Crippen LogP contribution in [0, 0.1) is 0 Å². The summed E-state index contributed by atoms with van der Waals surface area (Å²) in [6.07, 6.45) is 0. The van der Waals surface area contributed by atoms with Gasteiger partial charge in [-0.1, -0.05) is 15.9 Å². The van der Waals surface area contributed by atoms with E-state index in [-0.39, 0.29) is 34.9 Å². The molecule has 0 aliphatic rings. The zero-order chi connectivity index (χ0) is 9.42. The molecule has 1 aromatic heterocycles. The van der Waals surface area contributed by atoms with Crippen molar-refractivity contribution in [2.75, 3.05) is 0 Å². The summed E-state index contributed by atoms with van der Waals surface area (Å²) in [6, 6.07) is 4.89. The van der Waals surface area contributed by atoms with Crippen LogP contribution in [0.5, 0.6) is 0 Å². The number of nitrogens with one attached hydrogen (secondary N) is 1. The summed E-state index contributed by atoms with van der Waals surface area (Å²) in [6.45, 7) is 0. The fourth-order valence-corrected chi connectivity index (χ4v) is 1.40. The third kappa shape index (κ3) is 2.00. The van der Waals surface area contributed by atoms with E-state index >= 15 is 0 Å². The number of rotatable bonds is 0. The average Bonchev–Trinajstić information content (AvgIpc) is 2.12. The predicted octanol–water partition coefficient (Wildman–Crippen LogP) is 0.863. The van der Waals surface area contributed by atoms with Gasteiger partial charge in [0, 0.05) is 34.0 Å². The van der Waals surface area contributed by atoms with Crippen molar-refractivity contribution in [3.8, 4) is 0 Å². The molecule has 0 bridgehead atoms. The van der Waals surface area contributed by atoms with Gasteiger partial charge in [0.1, 0.15) is 0 Å². The molecule has 2 aromatic rings. The Hall–Kier alpha value is -0.360. The van der Waals surface area contributed by atoms with Gasteiger partial charge in [-0.3, -0.25) is 9.59 Å². The first-order valence-corrected chi connectivity index (χ1v) is 4.29. The molecule has 14 heavy (non-hydrogen) atoms. The summed E-state index contributed by atoms with van der Waals surface area (Å²) in [7, 11) is 0. The average molecular weight is 265 g/mol. The van der Waals surface area contributed by atoms with Crippen LogP contribution in [0.4, 0.5) is 0 Å². The van der Waals surface area contributed by atoms with E-state index in [9.17, 15) is 9.59 Å². The first-order valence-electron chi connectivity index (χ1n) is 3.49. The topological polar surface area (TPSA) is 63.1 Å². The second kappa shape index (κ2) is 4.44. The smallest absolute Gasteiger partial charge is 0.325 e. The predicted molar refractivity (Wildman–Crippen MR) is 56.6 cm³/mol. The molecule has 2 rings (SSSR count). The molecule has 4 nitrogen and oxygen atoms in total. The second-order valence-electron chi connectivity index (χ2n) is 2.50. The van der Waals surface area contributed by atoms with Crippen molar-refractivity contribution < 1.29 is 4.52 Å². The Bertz CT molecular complexity index is 575. The molecular formula is C8H4BrNNaO3. The maximum atomic E-state index is 11.3. The number of benzene rings is 1. The first kappa shape index (κ1) is 11.7. The Kier molecular flexibility index (Phi) is 3.71. The van der Waals surface area contributed by atoms with Gasteiger partial charge in [-0.05, 0) is 18.2 Å². The second-order valence-corrected chi connectivity index (χ2v) is 3.42. The zero-order valence-electron chi connectivity index (χ0n) is 7.33. The molecule has 1 N–H and O–H groups in total. The van der Waals surface area contributed by atoms with Crippen molar-refractivity contribution in [2.24, 2.45) is 0 Å². The van der Waals surface area contributed by atoms with Gasteiger partial charge in [0.2, 0.25) is 0 Å². The Morgan fingerprint density at radius 2 is 2.00 bits per heavy atom. The van der Waals surface area contributed by atoms with Gasteiger partial charge in [-0.2, -0.15) is 5.16 Å². The number of aromatic amines is 1. The molecule has 0 atom stereocenters. The molecule has 0 amide bonds. The monoisotopic (exact) mass is 264 g/mol. The van der Waals surface area contributed by atoms with E-state index in [0.717, 1.165) is 4.47 Å². The summed E-state index contributed by atoms with van der Waals surface area (Å²) in [5, 5.41) is 2.28. The molecule has 6 heteroatoms. The molecule has 1 aromatic carbocycles. The van der Waals surface area contributed by atoms with Gasteiger partial charge in [-0.15, -0.1) is 0 Å². The number of halogens is 1. The summed E-state index contributed by atoms with van der Waals surface area (Å²) >= 11 is 3.20. The minimum absolute atomic E-state index is 0. The number of fused-ring (bicyclic) bond motifs is 1. The van der Waals surface area contributed by atoms with Gasteiger partial charge in [0.15, 0.2) is 5.58 Å². The van der Waals surface area contributed by atoms with Crippen LogP contribution >= 0.6 is 15.9 Å². The Morgan fingerprint density at radius 3 is 2.71 bits per heavy atom. The van der Waals surface area contributed by atoms with Crippen molar-refractivity contribution in [2.45, 2.75) is 0 Å². The van der Waals surface area contributed by atoms with Gasteiger partial charge < -0.3 is 4.52 Å². The summed E-state index contributed by atoms with van der Waals surface area (Å²) < 4.78 is 5.55. The quantitative estimate of drug-likeness (QED) is 0.567. The van der Waals surface area contributed by atoms with E-state index in [0.29, 0.717) is 5.58 Å². The minimum atomic E-state index is -0.745. The fourth-order valence-electron chi connectivity index (χ4n) is 1.04. The van der Waals surface area contributed by atoms with E-state index in [1.807, 2.05) is 5.16 Å². The third-order valence-electron chi connectivity index (χ3n) is 1.65. The van der Waals surface area contributed by atoms with Crippen molar-refractivity contribution in [3.05, 3.63) is 43.2 Å². The largest absolute Gasteiger partial charge is 0.378 e. The molecule has 1 radical (unpaired) electrons. The van der Waals surface area contributed by atoms with Gasteiger partial charge in [0.25, 0.3) is 5.43 Å². The van der Waals surface area contributed by atoms with Gasteiger partial charge in [0.05, 0.1) is 5.39 Å². The molecule has 0 saturated carbocycles. The van der Waals surface area contributed by atoms with Crippen LogP contribution in [-0.2, 0) is 0 Å². The van der Waals surface area contributed by atoms with Crippen LogP contribution in [0.1, 0.15) is 0 Å². The SMILES string of the molecule is O=c1[nH]oc2ccc(Br)cc2c1=O.[Na]. The Labute approximate surface area is 109 Å². The van der Waals surface area contributed by atoms with E-state index in [2.05, 4.69) is 15.9 Å². The summed E-state index contributed by atoms with van der Waals surface area (Å²) in [5.74, 6) is 0. The molecule has 0 aliphatic carbocycles. The van der Waals surface area contributed by atoms with Crippen molar-refractivity contribution in [3.63, 3.8) is 0 Å². The van der Waals surface area contributed by atoms with Crippen molar-refractivity contribution >= 4 is 56.5 Å². The zero-order valence-corrected chi connectivity index (χ0v) is 10.9. The van der Waals surface area contributed by atoms with E-state index in [1.54, 1.807) is 18.2 Å². The molecule has 0 fully saturated rings. The Morgan fingerprint density at radius 1 is 1.29 bits per heavy atom.